The number of benzene rings is 1. The van der Waals surface area contributed by atoms with Gasteiger partial charge in [-0.3, -0.25) is 0 Å². The Balaban J connectivity index is 2.31. The molecule has 0 aliphatic heterocycles. The molecule has 0 saturated heterocycles. The largest absolute Gasteiger partial charge is 0.491 e. The SMILES string of the molecule is CCC(CC)NCCOc1ccc(Br)cc1Cl. The summed E-state index contributed by atoms with van der Waals surface area (Å²) in [5, 5.41) is 4.08. The van der Waals surface area contributed by atoms with Crippen LogP contribution in [0.25, 0.3) is 0 Å². The standard InChI is InChI=1S/C13H19BrClNO/c1-3-11(4-2)16-7-8-17-13-6-5-10(14)9-12(13)15/h5-6,9,11,16H,3-4,7-8H2,1-2H3. The fourth-order valence-electron chi connectivity index (χ4n) is 1.59. The van der Waals surface area contributed by atoms with E-state index in [1.165, 1.54) is 0 Å². The molecular weight excluding hydrogens is 302 g/mol. The van der Waals surface area contributed by atoms with Crippen LogP contribution in [0.4, 0.5) is 0 Å². The maximum absolute atomic E-state index is 6.05. The predicted octanol–water partition coefficient (Wildman–Crippen LogP) is 4.26. The minimum atomic E-state index is 0.582. The number of halogens is 2. The van der Waals surface area contributed by atoms with E-state index in [0.29, 0.717) is 17.7 Å². The smallest absolute Gasteiger partial charge is 0.138 e. The minimum Gasteiger partial charge on any atom is -0.491 e. The Hall–Kier alpha value is -0.250. The first-order valence-electron chi connectivity index (χ1n) is 5.98. The van der Waals surface area contributed by atoms with E-state index in [2.05, 4.69) is 35.1 Å². The van der Waals surface area contributed by atoms with Gasteiger partial charge >= 0.3 is 0 Å². The van der Waals surface area contributed by atoms with Gasteiger partial charge in [-0.25, -0.2) is 0 Å². The van der Waals surface area contributed by atoms with Crippen molar-refractivity contribution < 1.29 is 4.74 Å². The Morgan fingerprint density at radius 2 is 2.06 bits per heavy atom. The van der Waals surface area contributed by atoms with Crippen LogP contribution < -0.4 is 10.1 Å². The molecule has 0 saturated carbocycles. The normalized spacial score (nSPS) is 10.9. The number of ether oxygens (including phenoxy) is 1. The summed E-state index contributed by atoms with van der Waals surface area (Å²) >= 11 is 9.41. The van der Waals surface area contributed by atoms with E-state index < -0.39 is 0 Å². The van der Waals surface area contributed by atoms with Crippen molar-refractivity contribution >= 4 is 27.5 Å². The molecule has 0 atom stereocenters. The molecule has 0 heterocycles. The van der Waals surface area contributed by atoms with Gasteiger partial charge in [0.05, 0.1) is 5.02 Å². The molecule has 0 fully saturated rings. The van der Waals surface area contributed by atoms with E-state index in [0.717, 1.165) is 29.6 Å². The second-order valence-electron chi connectivity index (χ2n) is 3.89. The van der Waals surface area contributed by atoms with Crippen molar-refractivity contribution in [1.29, 1.82) is 0 Å². The third-order valence-electron chi connectivity index (χ3n) is 2.67. The zero-order valence-electron chi connectivity index (χ0n) is 10.3. The van der Waals surface area contributed by atoms with Crippen molar-refractivity contribution in [3.8, 4) is 5.75 Å². The van der Waals surface area contributed by atoms with Crippen molar-refractivity contribution in [2.75, 3.05) is 13.2 Å². The first kappa shape index (κ1) is 14.8. The molecule has 0 amide bonds. The molecule has 0 bridgehead atoms. The lowest BCUT2D eigenvalue weighted by Gasteiger charge is -2.15. The van der Waals surface area contributed by atoms with Gasteiger partial charge in [-0.15, -0.1) is 0 Å². The summed E-state index contributed by atoms with van der Waals surface area (Å²) in [5.74, 6) is 0.737. The van der Waals surface area contributed by atoms with Gasteiger partial charge in [-0.05, 0) is 31.0 Å². The number of hydrogen-bond donors (Lipinski definition) is 1. The van der Waals surface area contributed by atoms with Crippen LogP contribution in [-0.2, 0) is 0 Å². The van der Waals surface area contributed by atoms with Gasteiger partial charge in [0, 0.05) is 17.1 Å². The monoisotopic (exact) mass is 319 g/mol. The van der Waals surface area contributed by atoms with Crippen LogP contribution in [0, 0.1) is 0 Å². The van der Waals surface area contributed by atoms with Gasteiger partial charge in [0.15, 0.2) is 0 Å². The molecule has 0 radical (unpaired) electrons. The Kier molecular flexibility index (Phi) is 6.93. The van der Waals surface area contributed by atoms with Crippen LogP contribution in [0.3, 0.4) is 0 Å². The van der Waals surface area contributed by atoms with Crippen molar-refractivity contribution in [2.24, 2.45) is 0 Å². The lowest BCUT2D eigenvalue weighted by molar-refractivity contribution is 0.302. The molecule has 0 spiro atoms. The molecule has 1 aromatic carbocycles. The topological polar surface area (TPSA) is 21.3 Å². The summed E-state index contributed by atoms with van der Waals surface area (Å²) in [6, 6.07) is 6.23. The highest BCUT2D eigenvalue weighted by molar-refractivity contribution is 9.10. The molecule has 1 rings (SSSR count). The van der Waals surface area contributed by atoms with Crippen LogP contribution in [0.1, 0.15) is 26.7 Å². The lowest BCUT2D eigenvalue weighted by Crippen LogP contribution is -2.31. The maximum atomic E-state index is 6.05. The summed E-state index contributed by atoms with van der Waals surface area (Å²) in [7, 11) is 0. The molecule has 1 aromatic rings. The van der Waals surface area contributed by atoms with Crippen LogP contribution in [0.15, 0.2) is 22.7 Å². The molecular formula is C13H19BrClNO. The first-order valence-corrected chi connectivity index (χ1v) is 7.15. The van der Waals surface area contributed by atoms with Gasteiger partial charge in [-0.1, -0.05) is 41.4 Å². The summed E-state index contributed by atoms with van der Waals surface area (Å²) < 4.78 is 6.58. The van der Waals surface area contributed by atoms with Crippen LogP contribution in [0.5, 0.6) is 5.75 Å². The highest BCUT2D eigenvalue weighted by atomic mass is 79.9. The first-order chi connectivity index (χ1) is 8.17. The fraction of sp³-hybridized carbons (Fsp3) is 0.538. The third kappa shape index (κ3) is 5.28. The Morgan fingerprint density at radius 3 is 2.65 bits per heavy atom. The Labute approximate surface area is 117 Å². The van der Waals surface area contributed by atoms with E-state index in [-0.39, 0.29) is 0 Å². The molecule has 17 heavy (non-hydrogen) atoms. The fourth-order valence-corrected chi connectivity index (χ4v) is 2.32. The summed E-state index contributed by atoms with van der Waals surface area (Å²) in [6.45, 7) is 5.86. The van der Waals surface area contributed by atoms with Gasteiger partial charge in [0.1, 0.15) is 12.4 Å². The molecule has 0 aromatic heterocycles. The highest BCUT2D eigenvalue weighted by Crippen LogP contribution is 2.27. The van der Waals surface area contributed by atoms with Crippen molar-refractivity contribution in [2.45, 2.75) is 32.7 Å². The molecule has 0 aliphatic carbocycles. The Morgan fingerprint density at radius 1 is 1.35 bits per heavy atom. The molecule has 4 heteroatoms. The van der Waals surface area contributed by atoms with E-state index in [1.807, 2.05) is 18.2 Å². The lowest BCUT2D eigenvalue weighted by atomic mass is 10.2. The second kappa shape index (κ2) is 7.96. The third-order valence-corrected chi connectivity index (χ3v) is 3.46. The van der Waals surface area contributed by atoms with Crippen molar-refractivity contribution in [3.63, 3.8) is 0 Å². The Bertz CT molecular complexity index is 342. The molecule has 0 unspecified atom stereocenters. The van der Waals surface area contributed by atoms with Crippen LogP contribution >= 0.6 is 27.5 Å². The van der Waals surface area contributed by atoms with Crippen molar-refractivity contribution in [3.05, 3.63) is 27.7 Å². The van der Waals surface area contributed by atoms with Gasteiger partial charge < -0.3 is 10.1 Å². The quantitative estimate of drug-likeness (QED) is 0.758. The number of hydrogen-bond acceptors (Lipinski definition) is 2. The zero-order valence-corrected chi connectivity index (χ0v) is 12.6. The highest BCUT2D eigenvalue weighted by Gasteiger charge is 2.03. The summed E-state index contributed by atoms with van der Waals surface area (Å²) in [4.78, 5) is 0. The van der Waals surface area contributed by atoms with Crippen LogP contribution in [-0.4, -0.2) is 19.2 Å². The van der Waals surface area contributed by atoms with Crippen LogP contribution in [0.2, 0.25) is 5.02 Å². The molecule has 2 nitrogen and oxygen atoms in total. The average Bonchev–Trinajstić information content (AvgIpc) is 2.32. The summed E-state index contributed by atoms with van der Waals surface area (Å²) in [5.41, 5.74) is 0. The van der Waals surface area contributed by atoms with Gasteiger partial charge in [-0.2, -0.15) is 0 Å². The van der Waals surface area contributed by atoms with E-state index in [4.69, 9.17) is 16.3 Å². The second-order valence-corrected chi connectivity index (χ2v) is 5.21. The van der Waals surface area contributed by atoms with Gasteiger partial charge in [0.25, 0.3) is 0 Å². The predicted molar refractivity (Wildman–Crippen MR) is 77.0 cm³/mol. The molecule has 1 N–H and O–H groups in total. The number of nitrogens with one attached hydrogen (secondary N) is 1. The van der Waals surface area contributed by atoms with E-state index >= 15 is 0 Å². The van der Waals surface area contributed by atoms with Gasteiger partial charge in [0.2, 0.25) is 0 Å². The number of rotatable bonds is 7. The maximum Gasteiger partial charge on any atom is 0.138 e. The average molecular weight is 321 g/mol. The minimum absolute atomic E-state index is 0.582. The van der Waals surface area contributed by atoms with Crippen molar-refractivity contribution in [1.82, 2.24) is 5.32 Å². The molecule has 96 valence electrons. The van der Waals surface area contributed by atoms with E-state index in [1.54, 1.807) is 0 Å². The molecule has 0 aliphatic rings. The zero-order chi connectivity index (χ0) is 12.7. The van der Waals surface area contributed by atoms with E-state index in [9.17, 15) is 0 Å². The summed E-state index contributed by atoms with van der Waals surface area (Å²) in [6.07, 6.45) is 2.30.